The van der Waals surface area contributed by atoms with Crippen LogP contribution >= 0.6 is 23.2 Å². The standard InChI is InChI=1S/C20H19Cl2FN2O4/c1-13(25-20(27)12-28-15-4-2-14(21)3-5-15)8-9-24-19(26)11-29-16-6-7-18(23)17(22)10-16/h2-7,10H,1,8-9,11-12H2,(H,24,26)(H,25,27). The average molecular weight is 441 g/mol. The van der Waals surface area contributed by atoms with Crippen LogP contribution in [-0.2, 0) is 9.59 Å². The van der Waals surface area contributed by atoms with E-state index in [0.29, 0.717) is 22.9 Å². The molecule has 0 aliphatic carbocycles. The van der Waals surface area contributed by atoms with E-state index >= 15 is 0 Å². The summed E-state index contributed by atoms with van der Waals surface area (Å²) in [4.78, 5) is 23.6. The summed E-state index contributed by atoms with van der Waals surface area (Å²) < 4.78 is 23.6. The molecule has 0 aliphatic rings. The highest BCUT2D eigenvalue weighted by molar-refractivity contribution is 6.31. The first-order valence-corrected chi connectivity index (χ1v) is 9.29. The van der Waals surface area contributed by atoms with Crippen LogP contribution in [-0.4, -0.2) is 31.6 Å². The molecule has 0 unspecified atom stereocenters. The van der Waals surface area contributed by atoms with Gasteiger partial charge in [0.05, 0.1) is 5.02 Å². The van der Waals surface area contributed by atoms with Crippen LogP contribution in [0, 0.1) is 5.82 Å². The molecule has 29 heavy (non-hydrogen) atoms. The van der Waals surface area contributed by atoms with Crippen molar-refractivity contribution in [2.45, 2.75) is 6.42 Å². The van der Waals surface area contributed by atoms with Gasteiger partial charge in [-0.1, -0.05) is 29.8 Å². The van der Waals surface area contributed by atoms with Crippen LogP contribution < -0.4 is 20.1 Å². The van der Waals surface area contributed by atoms with Crippen LogP contribution in [0.5, 0.6) is 11.5 Å². The van der Waals surface area contributed by atoms with Crippen LogP contribution in [0.3, 0.4) is 0 Å². The SMILES string of the molecule is C=C(CCNC(=O)COc1ccc(F)c(Cl)c1)NC(=O)COc1ccc(Cl)cc1. The summed E-state index contributed by atoms with van der Waals surface area (Å²) in [6.45, 7) is 3.55. The van der Waals surface area contributed by atoms with Gasteiger partial charge in [0.1, 0.15) is 17.3 Å². The van der Waals surface area contributed by atoms with Crippen LogP contribution in [0.1, 0.15) is 6.42 Å². The monoisotopic (exact) mass is 440 g/mol. The first-order valence-electron chi connectivity index (χ1n) is 8.54. The van der Waals surface area contributed by atoms with E-state index < -0.39 is 5.82 Å². The fourth-order valence-corrected chi connectivity index (χ4v) is 2.39. The van der Waals surface area contributed by atoms with Gasteiger partial charge in [0.15, 0.2) is 13.2 Å². The van der Waals surface area contributed by atoms with E-state index in [4.69, 9.17) is 32.7 Å². The Bertz CT molecular complexity index is 875. The van der Waals surface area contributed by atoms with Gasteiger partial charge in [-0.05, 0) is 36.4 Å². The molecule has 2 aromatic carbocycles. The molecule has 0 aromatic heterocycles. The number of halogens is 3. The minimum absolute atomic E-state index is 0.0880. The van der Waals surface area contributed by atoms with Crippen molar-refractivity contribution in [3.05, 3.63) is 70.6 Å². The molecule has 2 aromatic rings. The fraction of sp³-hybridized carbons (Fsp3) is 0.200. The zero-order valence-electron chi connectivity index (χ0n) is 15.3. The van der Waals surface area contributed by atoms with Crippen LogP contribution in [0.25, 0.3) is 0 Å². The highest BCUT2D eigenvalue weighted by atomic mass is 35.5. The number of amides is 2. The van der Waals surface area contributed by atoms with Crippen molar-refractivity contribution < 1.29 is 23.5 Å². The normalized spacial score (nSPS) is 10.2. The largest absolute Gasteiger partial charge is 0.484 e. The Hall–Kier alpha value is -2.77. The summed E-state index contributed by atoms with van der Waals surface area (Å²) in [5.74, 6) is -0.514. The molecule has 0 atom stereocenters. The molecule has 0 saturated heterocycles. The molecule has 0 heterocycles. The molecule has 0 saturated carbocycles. The predicted octanol–water partition coefficient (Wildman–Crippen LogP) is 3.73. The lowest BCUT2D eigenvalue weighted by Crippen LogP contribution is -2.32. The second-order valence-corrected chi connectivity index (χ2v) is 6.70. The topological polar surface area (TPSA) is 76.7 Å². The molecular weight excluding hydrogens is 422 g/mol. The Morgan fingerprint density at radius 2 is 1.59 bits per heavy atom. The van der Waals surface area contributed by atoms with Gasteiger partial charge in [0.25, 0.3) is 11.8 Å². The second kappa shape index (κ2) is 11.3. The number of hydrogen-bond donors (Lipinski definition) is 2. The molecular formula is C20H19Cl2FN2O4. The van der Waals surface area contributed by atoms with Crippen molar-refractivity contribution in [1.29, 1.82) is 0 Å². The maximum absolute atomic E-state index is 13.1. The van der Waals surface area contributed by atoms with Gasteiger partial charge in [0.2, 0.25) is 0 Å². The van der Waals surface area contributed by atoms with Crippen LogP contribution in [0.4, 0.5) is 4.39 Å². The van der Waals surface area contributed by atoms with E-state index in [1.54, 1.807) is 24.3 Å². The van der Waals surface area contributed by atoms with Gasteiger partial charge >= 0.3 is 0 Å². The first-order chi connectivity index (χ1) is 13.8. The number of ether oxygens (including phenoxy) is 2. The number of hydrogen-bond acceptors (Lipinski definition) is 4. The molecule has 0 radical (unpaired) electrons. The average Bonchev–Trinajstić information content (AvgIpc) is 2.68. The minimum Gasteiger partial charge on any atom is -0.484 e. The molecule has 0 bridgehead atoms. The Morgan fingerprint density at radius 3 is 2.28 bits per heavy atom. The van der Waals surface area contributed by atoms with Crippen molar-refractivity contribution in [1.82, 2.24) is 10.6 Å². The predicted molar refractivity (Wildman–Crippen MR) is 109 cm³/mol. The van der Waals surface area contributed by atoms with Gasteiger partial charge in [0, 0.05) is 29.8 Å². The molecule has 2 amide bonds. The second-order valence-electron chi connectivity index (χ2n) is 5.86. The Balaban J connectivity index is 1.60. The van der Waals surface area contributed by atoms with Crippen molar-refractivity contribution in [3.63, 3.8) is 0 Å². The van der Waals surface area contributed by atoms with Crippen molar-refractivity contribution in [2.75, 3.05) is 19.8 Å². The smallest absolute Gasteiger partial charge is 0.262 e. The van der Waals surface area contributed by atoms with E-state index in [2.05, 4.69) is 17.2 Å². The zero-order valence-corrected chi connectivity index (χ0v) is 16.9. The molecule has 6 nitrogen and oxygen atoms in total. The summed E-state index contributed by atoms with van der Waals surface area (Å²) in [6.07, 6.45) is 0.334. The Kier molecular flexibility index (Phi) is 8.76. The van der Waals surface area contributed by atoms with Gasteiger partial charge in [-0.2, -0.15) is 0 Å². The number of benzene rings is 2. The van der Waals surface area contributed by atoms with E-state index in [9.17, 15) is 14.0 Å². The Morgan fingerprint density at radius 1 is 0.966 bits per heavy atom. The molecule has 0 aliphatic heterocycles. The summed E-state index contributed by atoms with van der Waals surface area (Å²) in [7, 11) is 0. The molecule has 2 rings (SSSR count). The van der Waals surface area contributed by atoms with Gasteiger partial charge in [-0.15, -0.1) is 0 Å². The maximum Gasteiger partial charge on any atom is 0.262 e. The lowest BCUT2D eigenvalue weighted by molar-refractivity contribution is -0.123. The molecule has 0 spiro atoms. The van der Waals surface area contributed by atoms with E-state index in [0.717, 1.165) is 6.07 Å². The third-order valence-electron chi connectivity index (χ3n) is 3.51. The highest BCUT2D eigenvalue weighted by Crippen LogP contribution is 2.20. The van der Waals surface area contributed by atoms with Crippen molar-refractivity contribution >= 4 is 35.0 Å². The number of carbonyl (C=O) groups is 2. The molecule has 0 fully saturated rings. The molecule has 9 heteroatoms. The van der Waals surface area contributed by atoms with E-state index in [1.165, 1.54) is 12.1 Å². The van der Waals surface area contributed by atoms with Crippen LogP contribution in [0.15, 0.2) is 54.7 Å². The first kappa shape index (κ1) is 22.5. The fourth-order valence-electron chi connectivity index (χ4n) is 2.09. The lowest BCUT2D eigenvalue weighted by Gasteiger charge is -2.11. The molecule has 154 valence electrons. The lowest BCUT2D eigenvalue weighted by atomic mass is 10.3. The molecule has 2 N–H and O–H groups in total. The van der Waals surface area contributed by atoms with E-state index in [1.807, 2.05) is 0 Å². The quantitative estimate of drug-likeness (QED) is 0.589. The zero-order chi connectivity index (χ0) is 21.2. The summed E-state index contributed by atoms with van der Waals surface area (Å²) >= 11 is 11.4. The maximum atomic E-state index is 13.1. The Labute approximate surface area is 177 Å². The third-order valence-corrected chi connectivity index (χ3v) is 4.05. The van der Waals surface area contributed by atoms with Gasteiger partial charge in [-0.25, -0.2) is 4.39 Å². The van der Waals surface area contributed by atoms with E-state index in [-0.39, 0.29) is 42.3 Å². The summed E-state index contributed by atoms with van der Waals surface area (Å²) in [5, 5.41) is 5.69. The van der Waals surface area contributed by atoms with Gasteiger partial charge < -0.3 is 20.1 Å². The summed E-state index contributed by atoms with van der Waals surface area (Å²) in [5.41, 5.74) is 0.432. The number of nitrogens with one attached hydrogen (secondary N) is 2. The summed E-state index contributed by atoms with van der Waals surface area (Å²) in [6, 6.07) is 10.4. The highest BCUT2D eigenvalue weighted by Gasteiger charge is 2.07. The van der Waals surface area contributed by atoms with Crippen molar-refractivity contribution in [2.24, 2.45) is 0 Å². The number of carbonyl (C=O) groups excluding carboxylic acids is 2. The number of rotatable bonds is 10. The van der Waals surface area contributed by atoms with Gasteiger partial charge in [-0.3, -0.25) is 9.59 Å². The van der Waals surface area contributed by atoms with Crippen LogP contribution in [0.2, 0.25) is 10.0 Å². The third kappa shape index (κ3) is 8.41. The minimum atomic E-state index is -0.567. The van der Waals surface area contributed by atoms with Crippen molar-refractivity contribution in [3.8, 4) is 11.5 Å².